The zero-order valence-electron chi connectivity index (χ0n) is 13.0. The molecule has 0 aromatic heterocycles. The lowest BCUT2D eigenvalue weighted by atomic mass is 9.87. The van der Waals surface area contributed by atoms with E-state index in [0.29, 0.717) is 0 Å². The lowest BCUT2D eigenvalue weighted by Crippen LogP contribution is -2.55. The largest absolute Gasteiger partial charge is 0.458 e. The third-order valence-electron chi connectivity index (χ3n) is 3.38. The first-order valence-corrected chi connectivity index (χ1v) is 6.87. The molecule has 0 saturated carbocycles. The Balaban J connectivity index is 3.07. The monoisotopic (exact) mass is 284 g/mol. The minimum atomic E-state index is -0.613. The van der Waals surface area contributed by atoms with E-state index in [4.69, 9.17) is 14.2 Å². The average Bonchev–Trinajstić information content (AvgIpc) is 2.28. The van der Waals surface area contributed by atoms with Gasteiger partial charge in [-0.2, -0.15) is 0 Å². The first-order valence-electron chi connectivity index (χ1n) is 6.87. The van der Waals surface area contributed by atoms with E-state index in [-0.39, 0.29) is 18.0 Å². The molecule has 1 rings (SSSR count). The predicted molar refractivity (Wildman–Crippen MR) is 74.0 cm³/mol. The van der Waals surface area contributed by atoms with Crippen LogP contribution in [0.3, 0.4) is 0 Å². The number of allylic oxidation sites excluding steroid dienone is 1. The predicted octanol–water partition coefficient (Wildman–Crippen LogP) is 2.24. The Morgan fingerprint density at radius 1 is 0.950 bits per heavy atom. The quantitative estimate of drug-likeness (QED) is 0.587. The third-order valence-corrected chi connectivity index (χ3v) is 3.38. The van der Waals surface area contributed by atoms with Gasteiger partial charge in [-0.05, 0) is 20.8 Å². The van der Waals surface area contributed by atoms with Gasteiger partial charge in [-0.15, -0.1) is 0 Å². The number of ether oxygens (including phenoxy) is 3. The van der Waals surface area contributed by atoms with Crippen LogP contribution in [-0.4, -0.2) is 36.4 Å². The fraction of sp³-hybridized carbons (Fsp3) is 0.733. The average molecular weight is 284 g/mol. The summed E-state index contributed by atoms with van der Waals surface area (Å²) in [6, 6.07) is 0. The summed E-state index contributed by atoms with van der Waals surface area (Å²) in [7, 11) is 0. The lowest BCUT2D eigenvalue weighted by Gasteiger charge is -2.42. The lowest BCUT2D eigenvalue weighted by molar-refractivity contribution is -0.211. The van der Waals surface area contributed by atoms with Crippen LogP contribution in [0.25, 0.3) is 0 Å². The highest BCUT2D eigenvalue weighted by atomic mass is 16.6. The summed E-state index contributed by atoms with van der Waals surface area (Å²) in [5, 5.41) is 0. The molecule has 1 saturated heterocycles. The molecule has 0 amide bonds. The van der Waals surface area contributed by atoms with Crippen molar-refractivity contribution in [2.45, 2.75) is 66.0 Å². The summed E-state index contributed by atoms with van der Waals surface area (Å²) in [5.41, 5.74) is 1.05. The molecule has 5 heteroatoms. The number of esters is 2. The molecule has 0 aromatic rings. The first-order chi connectivity index (χ1) is 9.22. The van der Waals surface area contributed by atoms with E-state index in [1.165, 1.54) is 13.8 Å². The number of carbonyl (C=O) groups is 2. The topological polar surface area (TPSA) is 61.8 Å². The molecular formula is C15H24O5. The van der Waals surface area contributed by atoms with Crippen molar-refractivity contribution in [2.24, 2.45) is 5.92 Å². The van der Waals surface area contributed by atoms with Crippen molar-refractivity contribution >= 4 is 11.9 Å². The molecule has 0 unspecified atom stereocenters. The summed E-state index contributed by atoms with van der Waals surface area (Å²) in [4.78, 5) is 22.6. The van der Waals surface area contributed by atoms with E-state index < -0.39 is 24.3 Å². The van der Waals surface area contributed by atoms with E-state index in [1.54, 1.807) is 0 Å². The molecule has 0 aliphatic carbocycles. The van der Waals surface area contributed by atoms with E-state index in [9.17, 15) is 9.59 Å². The molecule has 1 aliphatic heterocycles. The van der Waals surface area contributed by atoms with Crippen LogP contribution in [-0.2, 0) is 23.8 Å². The normalized spacial score (nSPS) is 33.2. The smallest absolute Gasteiger partial charge is 0.303 e. The fourth-order valence-electron chi connectivity index (χ4n) is 2.36. The van der Waals surface area contributed by atoms with Gasteiger partial charge in [-0.1, -0.05) is 18.6 Å². The van der Waals surface area contributed by atoms with E-state index >= 15 is 0 Å². The second-order valence-electron chi connectivity index (χ2n) is 5.56. The molecule has 0 radical (unpaired) electrons. The number of hydrogen-bond donors (Lipinski definition) is 0. The van der Waals surface area contributed by atoms with Crippen LogP contribution in [0.15, 0.2) is 11.6 Å². The van der Waals surface area contributed by atoms with Crippen LogP contribution in [0.2, 0.25) is 0 Å². The highest BCUT2D eigenvalue weighted by molar-refractivity contribution is 5.67. The summed E-state index contributed by atoms with van der Waals surface area (Å²) in [6.45, 7) is 10.4. The van der Waals surface area contributed by atoms with Gasteiger partial charge in [0.1, 0.15) is 12.2 Å². The van der Waals surface area contributed by atoms with Gasteiger partial charge in [0.15, 0.2) is 6.10 Å². The van der Waals surface area contributed by atoms with Gasteiger partial charge in [0.25, 0.3) is 0 Å². The van der Waals surface area contributed by atoms with Crippen LogP contribution >= 0.6 is 0 Å². The molecule has 1 fully saturated rings. The number of rotatable bonds is 3. The Morgan fingerprint density at radius 2 is 1.45 bits per heavy atom. The first kappa shape index (κ1) is 16.7. The molecule has 0 N–H and O–H groups in total. The van der Waals surface area contributed by atoms with Crippen molar-refractivity contribution in [3.05, 3.63) is 11.6 Å². The summed E-state index contributed by atoms with van der Waals surface area (Å²) >= 11 is 0. The van der Waals surface area contributed by atoms with Crippen molar-refractivity contribution in [3.63, 3.8) is 0 Å². The Kier molecular flexibility index (Phi) is 5.74. The van der Waals surface area contributed by atoms with Gasteiger partial charge < -0.3 is 14.2 Å². The third kappa shape index (κ3) is 4.34. The van der Waals surface area contributed by atoms with Crippen molar-refractivity contribution < 1.29 is 23.8 Å². The van der Waals surface area contributed by atoms with Gasteiger partial charge in [-0.25, -0.2) is 0 Å². The van der Waals surface area contributed by atoms with Crippen molar-refractivity contribution in [1.29, 1.82) is 0 Å². The Morgan fingerprint density at radius 3 is 1.90 bits per heavy atom. The van der Waals surface area contributed by atoms with Crippen LogP contribution in [0, 0.1) is 5.92 Å². The summed E-state index contributed by atoms with van der Waals surface area (Å²) in [6.07, 6.45) is 0.288. The van der Waals surface area contributed by atoms with Gasteiger partial charge in [0.2, 0.25) is 0 Å². The maximum Gasteiger partial charge on any atom is 0.303 e. The number of hydrogen-bond acceptors (Lipinski definition) is 5. The molecule has 0 aromatic carbocycles. The van der Waals surface area contributed by atoms with Crippen LogP contribution < -0.4 is 0 Å². The van der Waals surface area contributed by atoms with Gasteiger partial charge in [0.05, 0.1) is 6.10 Å². The Hall–Kier alpha value is -1.36. The molecule has 20 heavy (non-hydrogen) atoms. The van der Waals surface area contributed by atoms with Crippen molar-refractivity contribution in [3.8, 4) is 0 Å². The second-order valence-corrected chi connectivity index (χ2v) is 5.56. The van der Waals surface area contributed by atoms with Gasteiger partial charge in [0, 0.05) is 19.8 Å². The van der Waals surface area contributed by atoms with Crippen LogP contribution in [0.5, 0.6) is 0 Å². The zero-order chi connectivity index (χ0) is 15.4. The SMILES string of the molecule is CC(=O)O[C@@H]1[C@@H](C)[C@H](C)O[C@@H](C=C(C)C)[C@@H]1OC(C)=O. The van der Waals surface area contributed by atoms with E-state index in [0.717, 1.165) is 5.57 Å². The standard InChI is InChI=1S/C15H24O5/c1-8(2)7-13-15(20-12(6)17)14(19-11(5)16)9(3)10(4)18-13/h7,9-10,13-15H,1-6H3/t9-,10-,13-,14+,15-/m0/s1. The van der Waals surface area contributed by atoms with Crippen LogP contribution in [0.4, 0.5) is 0 Å². The maximum absolute atomic E-state index is 11.3. The minimum Gasteiger partial charge on any atom is -0.458 e. The highest BCUT2D eigenvalue weighted by Gasteiger charge is 2.45. The summed E-state index contributed by atoms with van der Waals surface area (Å²) in [5.74, 6) is -0.848. The number of carbonyl (C=O) groups excluding carboxylic acids is 2. The summed E-state index contributed by atoms with van der Waals surface area (Å²) < 4.78 is 16.6. The molecule has 0 bridgehead atoms. The molecule has 0 spiro atoms. The molecule has 5 nitrogen and oxygen atoms in total. The molecule has 114 valence electrons. The van der Waals surface area contributed by atoms with Crippen LogP contribution in [0.1, 0.15) is 41.5 Å². The van der Waals surface area contributed by atoms with E-state index in [2.05, 4.69) is 0 Å². The molecule has 1 aliphatic rings. The molecular weight excluding hydrogens is 260 g/mol. The second kappa shape index (κ2) is 6.88. The van der Waals surface area contributed by atoms with Gasteiger partial charge >= 0.3 is 11.9 Å². The highest BCUT2D eigenvalue weighted by Crippen LogP contribution is 2.31. The Labute approximate surface area is 120 Å². The Bertz CT molecular complexity index is 397. The minimum absolute atomic E-state index is 0.0509. The molecule has 1 heterocycles. The molecule has 5 atom stereocenters. The zero-order valence-corrected chi connectivity index (χ0v) is 13.0. The van der Waals surface area contributed by atoms with Gasteiger partial charge in [-0.3, -0.25) is 9.59 Å². The van der Waals surface area contributed by atoms with Crippen molar-refractivity contribution in [1.82, 2.24) is 0 Å². The van der Waals surface area contributed by atoms with E-state index in [1.807, 2.05) is 33.8 Å². The maximum atomic E-state index is 11.3. The fourth-order valence-corrected chi connectivity index (χ4v) is 2.36. The van der Waals surface area contributed by atoms with Crippen molar-refractivity contribution in [2.75, 3.05) is 0 Å².